The minimum atomic E-state index is -1.40. The monoisotopic (exact) mass is 377 g/mol. The lowest BCUT2D eigenvalue weighted by Crippen LogP contribution is -2.49. The third-order valence-corrected chi connectivity index (χ3v) is 4.80. The number of carbonyl (C=O) groups is 2. The molecule has 2 N–H and O–H groups in total. The van der Waals surface area contributed by atoms with E-state index in [0.717, 1.165) is 31.2 Å². The normalized spacial score (nSPS) is 17.2. The van der Waals surface area contributed by atoms with Gasteiger partial charge in [0.05, 0.1) is 12.1 Å². The maximum absolute atomic E-state index is 12.2. The van der Waals surface area contributed by atoms with Gasteiger partial charge in [0.2, 0.25) is 0 Å². The Labute approximate surface area is 161 Å². The van der Waals surface area contributed by atoms with Crippen LogP contribution in [0.15, 0.2) is 30.3 Å². The van der Waals surface area contributed by atoms with E-state index in [2.05, 4.69) is 5.32 Å². The minimum absolute atomic E-state index is 0.134. The van der Waals surface area contributed by atoms with E-state index in [4.69, 9.17) is 9.47 Å². The third-order valence-electron chi connectivity index (χ3n) is 4.80. The molecule has 1 aromatic carbocycles. The van der Waals surface area contributed by atoms with Crippen LogP contribution in [0.2, 0.25) is 0 Å². The van der Waals surface area contributed by atoms with Crippen molar-refractivity contribution in [3.63, 3.8) is 0 Å². The summed E-state index contributed by atoms with van der Waals surface area (Å²) in [6.07, 6.45) is 3.75. The van der Waals surface area contributed by atoms with Gasteiger partial charge in [-0.05, 0) is 31.7 Å². The number of esters is 1. The van der Waals surface area contributed by atoms with Crippen molar-refractivity contribution in [2.75, 3.05) is 0 Å². The smallest absolute Gasteiger partial charge is 0.407 e. The topological polar surface area (TPSA) is 84.9 Å². The predicted octanol–water partition coefficient (Wildman–Crippen LogP) is 3.56. The molecule has 1 aliphatic rings. The van der Waals surface area contributed by atoms with Crippen LogP contribution in [0.1, 0.15) is 57.9 Å². The molecule has 27 heavy (non-hydrogen) atoms. The van der Waals surface area contributed by atoms with E-state index in [1.54, 1.807) is 13.8 Å². The number of alkyl carbamates (subject to hydrolysis) is 1. The highest BCUT2D eigenvalue weighted by atomic mass is 16.6. The number of benzene rings is 1. The highest BCUT2D eigenvalue weighted by Gasteiger charge is 2.32. The Morgan fingerprint density at radius 3 is 2.44 bits per heavy atom. The van der Waals surface area contributed by atoms with Gasteiger partial charge in [0.15, 0.2) is 6.10 Å². The van der Waals surface area contributed by atoms with Gasteiger partial charge in [-0.25, -0.2) is 9.59 Å². The second kappa shape index (κ2) is 10.9. The summed E-state index contributed by atoms with van der Waals surface area (Å²) in [5.74, 6) is -0.339. The van der Waals surface area contributed by atoms with Crippen LogP contribution in [-0.4, -0.2) is 35.4 Å². The van der Waals surface area contributed by atoms with Crippen molar-refractivity contribution < 1.29 is 24.2 Å². The number of amides is 1. The summed E-state index contributed by atoms with van der Waals surface area (Å²) in [6, 6.07) is 8.63. The Hall–Kier alpha value is -2.08. The standard InChI is InChI=1S/C21H31NO5/c1-15(2)27-20(24)19(23)18(13-16-9-5-3-6-10-16)22-21(25)26-14-17-11-7-4-8-12-17/h4,7-8,11-12,15-16,18-19,23H,3,5-6,9-10,13-14H2,1-2H3,(H,22,25)/t18-,19+/m0/s1. The van der Waals surface area contributed by atoms with Crippen LogP contribution in [0.4, 0.5) is 4.79 Å². The summed E-state index contributed by atoms with van der Waals surface area (Å²) in [5, 5.41) is 13.1. The Morgan fingerprint density at radius 1 is 1.15 bits per heavy atom. The zero-order chi connectivity index (χ0) is 19.6. The molecule has 0 spiro atoms. The third kappa shape index (κ3) is 7.59. The van der Waals surface area contributed by atoms with E-state index in [1.807, 2.05) is 30.3 Å². The molecular weight excluding hydrogens is 346 g/mol. The summed E-state index contributed by atoms with van der Waals surface area (Å²) in [7, 11) is 0. The number of aliphatic hydroxyl groups excluding tert-OH is 1. The molecule has 0 unspecified atom stereocenters. The van der Waals surface area contributed by atoms with E-state index in [9.17, 15) is 14.7 Å². The molecule has 0 aliphatic heterocycles. The van der Waals surface area contributed by atoms with Crippen molar-refractivity contribution >= 4 is 12.1 Å². The fraction of sp³-hybridized carbons (Fsp3) is 0.619. The number of nitrogens with one attached hydrogen (secondary N) is 1. The lowest BCUT2D eigenvalue weighted by molar-refractivity contribution is -0.159. The molecule has 6 heteroatoms. The molecule has 0 saturated heterocycles. The maximum atomic E-state index is 12.2. The molecule has 1 amide bonds. The second-order valence-corrected chi connectivity index (χ2v) is 7.48. The average molecular weight is 377 g/mol. The zero-order valence-electron chi connectivity index (χ0n) is 16.2. The largest absolute Gasteiger partial charge is 0.461 e. The van der Waals surface area contributed by atoms with E-state index in [0.29, 0.717) is 12.3 Å². The lowest BCUT2D eigenvalue weighted by atomic mass is 9.83. The summed E-state index contributed by atoms with van der Waals surface area (Å²) >= 11 is 0. The van der Waals surface area contributed by atoms with Gasteiger partial charge in [0, 0.05) is 0 Å². The van der Waals surface area contributed by atoms with Crippen molar-refractivity contribution in [1.82, 2.24) is 5.32 Å². The molecule has 1 saturated carbocycles. The molecule has 150 valence electrons. The fourth-order valence-electron chi connectivity index (χ4n) is 3.43. The zero-order valence-corrected chi connectivity index (χ0v) is 16.2. The summed E-state index contributed by atoms with van der Waals surface area (Å²) in [6.45, 7) is 3.58. The molecular formula is C21H31NO5. The van der Waals surface area contributed by atoms with Gasteiger partial charge in [-0.15, -0.1) is 0 Å². The van der Waals surface area contributed by atoms with Crippen molar-refractivity contribution in [3.05, 3.63) is 35.9 Å². The van der Waals surface area contributed by atoms with Gasteiger partial charge in [0.25, 0.3) is 0 Å². The Balaban J connectivity index is 1.94. The predicted molar refractivity (Wildman–Crippen MR) is 102 cm³/mol. The Kier molecular flexibility index (Phi) is 8.58. The molecule has 2 rings (SSSR count). The van der Waals surface area contributed by atoms with E-state index in [-0.39, 0.29) is 12.7 Å². The van der Waals surface area contributed by atoms with Crippen molar-refractivity contribution in [2.24, 2.45) is 5.92 Å². The molecule has 1 fully saturated rings. The quantitative estimate of drug-likeness (QED) is 0.677. The first-order valence-corrected chi connectivity index (χ1v) is 9.81. The SMILES string of the molecule is CC(C)OC(=O)[C@H](O)[C@H](CC1CCCCC1)NC(=O)OCc1ccccc1. The highest BCUT2D eigenvalue weighted by molar-refractivity contribution is 5.77. The second-order valence-electron chi connectivity index (χ2n) is 7.48. The molecule has 0 aromatic heterocycles. The number of ether oxygens (including phenoxy) is 2. The Bertz CT molecular complexity index is 583. The molecule has 0 radical (unpaired) electrons. The van der Waals surface area contributed by atoms with Crippen molar-refractivity contribution in [2.45, 2.75) is 77.2 Å². The van der Waals surface area contributed by atoms with Crippen LogP contribution >= 0.6 is 0 Å². The lowest BCUT2D eigenvalue weighted by Gasteiger charge is -2.29. The molecule has 1 aromatic rings. The van der Waals surface area contributed by atoms with Gasteiger partial charge in [-0.3, -0.25) is 0 Å². The molecule has 6 nitrogen and oxygen atoms in total. The first-order chi connectivity index (χ1) is 13.0. The van der Waals surface area contributed by atoms with Gasteiger partial charge in [-0.1, -0.05) is 62.4 Å². The molecule has 1 aliphatic carbocycles. The molecule has 0 heterocycles. The van der Waals surface area contributed by atoms with Crippen LogP contribution in [0.3, 0.4) is 0 Å². The molecule has 2 atom stereocenters. The van der Waals surface area contributed by atoms with Gasteiger partial charge < -0.3 is 19.9 Å². The Morgan fingerprint density at radius 2 is 1.81 bits per heavy atom. The summed E-state index contributed by atoms with van der Waals surface area (Å²) in [5.41, 5.74) is 0.872. The highest BCUT2D eigenvalue weighted by Crippen LogP contribution is 2.28. The van der Waals surface area contributed by atoms with Gasteiger partial charge in [-0.2, -0.15) is 0 Å². The van der Waals surface area contributed by atoms with Crippen LogP contribution in [0.5, 0.6) is 0 Å². The number of hydrogen-bond donors (Lipinski definition) is 2. The number of carbonyl (C=O) groups excluding carboxylic acids is 2. The average Bonchev–Trinajstić information content (AvgIpc) is 2.66. The fourth-order valence-corrected chi connectivity index (χ4v) is 3.43. The maximum Gasteiger partial charge on any atom is 0.407 e. The van der Waals surface area contributed by atoms with Gasteiger partial charge >= 0.3 is 12.1 Å². The number of aliphatic hydroxyl groups is 1. The van der Waals surface area contributed by atoms with Crippen molar-refractivity contribution in [1.29, 1.82) is 0 Å². The number of rotatable bonds is 8. The first-order valence-electron chi connectivity index (χ1n) is 9.81. The van der Waals surface area contributed by atoms with Gasteiger partial charge in [0.1, 0.15) is 6.61 Å². The first kappa shape index (κ1) is 21.2. The van der Waals surface area contributed by atoms with Crippen LogP contribution < -0.4 is 5.32 Å². The van der Waals surface area contributed by atoms with Crippen molar-refractivity contribution in [3.8, 4) is 0 Å². The summed E-state index contributed by atoms with van der Waals surface area (Å²) in [4.78, 5) is 24.4. The number of hydrogen-bond acceptors (Lipinski definition) is 5. The van der Waals surface area contributed by atoms with Crippen LogP contribution in [0.25, 0.3) is 0 Å². The van der Waals surface area contributed by atoms with E-state index >= 15 is 0 Å². The van der Waals surface area contributed by atoms with E-state index < -0.39 is 24.2 Å². The minimum Gasteiger partial charge on any atom is -0.461 e. The van der Waals surface area contributed by atoms with Crippen LogP contribution in [0, 0.1) is 5.92 Å². The van der Waals surface area contributed by atoms with E-state index in [1.165, 1.54) is 6.42 Å². The van der Waals surface area contributed by atoms with Crippen LogP contribution in [-0.2, 0) is 20.9 Å². The molecule has 0 bridgehead atoms. The summed E-state index contributed by atoms with van der Waals surface area (Å²) < 4.78 is 10.4.